The molecular weight excluding hydrogens is 354 g/mol. The van der Waals surface area contributed by atoms with Crippen molar-refractivity contribution in [1.82, 2.24) is 10.6 Å². The van der Waals surface area contributed by atoms with Gasteiger partial charge >= 0.3 is 0 Å². The highest BCUT2D eigenvalue weighted by Gasteiger charge is 2.15. The lowest BCUT2D eigenvalue weighted by atomic mass is 10.0. The van der Waals surface area contributed by atoms with Crippen LogP contribution in [0.4, 0.5) is 0 Å². The first kappa shape index (κ1) is 22.5. The summed E-state index contributed by atoms with van der Waals surface area (Å²) in [5.74, 6) is 2.35. The molecule has 0 bridgehead atoms. The second-order valence-electron chi connectivity index (χ2n) is 8.16. The molecule has 0 unspecified atom stereocenters. The van der Waals surface area contributed by atoms with Gasteiger partial charge in [-0.3, -0.25) is 4.99 Å². The molecule has 1 heterocycles. The van der Waals surface area contributed by atoms with Gasteiger partial charge in [-0.2, -0.15) is 0 Å². The van der Waals surface area contributed by atoms with Gasteiger partial charge in [0.25, 0.3) is 0 Å². The SMILES string of the molecule is CN=C(NCCCOCC1CCOCC1)NCc1ccccc1OC(C)(C)C. The summed E-state index contributed by atoms with van der Waals surface area (Å²) in [7, 11) is 1.79. The van der Waals surface area contributed by atoms with E-state index in [9.17, 15) is 0 Å². The summed E-state index contributed by atoms with van der Waals surface area (Å²) in [4.78, 5) is 4.30. The molecule has 1 aromatic carbocycles. The van der Waals surface area contributed by atoms with Gasteiger partial charge in [-0.05, 0) is 52.0 Å². The standard InChI is InChI=1S/C22H37N3O3/c1-22(2,3)28-20-9-6-5-8-19(20)16-25-21(23-4)24-12-7-13-27-17-18-10-14-26-15-11-18/h5-6,8-9,18H,7,10-17H2,1-4H3,(H2,23,24,25). The van der Waals surface area contributed by atoms with Crippen LogP contribution >= 0.6 is 0 Å². The molecule has 0 amide bonds. The number of guanidine groups is 1. The first-order valence-electron chi connectivity index (χ1n) is 10.3. The van der Waals surface area contributed by atoms with Crippen molar-refractivity contribution in [2.24, 2.45) is 10.9 Å². The molecule has 6 nitrogen and oxygen atoms in total. The molecule has 28 heavy (non-hydrogen) atoms. The average molecular weight is 392 g/mol. The van der Waals surface area contributed by atoms with Crippen LogP contribution in [0.2, 0.25) is 0 Å². The van der Waals surface area contributed by atoms with Gasteiger partial charge in [0.2, 0.25) is 0 Å². The number of para-hydroxylation sites is 1. The lowest BCUT2D eigenvalue weighted by Crippen LogP contribution is -2.37. The zero-order valence-electron chi connectivity index (χ0n) is 17.9. The minimum atomic E-state index is -0.222. The lowest BCUT2D eigenvalue weighted by molar-refractivity contribution is 0.0203. The van der Waals surface area contributed by atoms with Crippen LogP contribution in [0.3, 0.4) is 0 Å². The number of nitrogens with zero attached hydrogens (tertiary/aromatic N) is 1. The van der Waals surface area contributed by atoms with Gasteiger partial charge in [0.15, 0.2) is 5.96 Å². The monoisotopic (exact) mass is 391 g/mol. The fraction of sp³-hybridized carbons (Fsp3) is 0.682. The molecule has 0 saturated carbocycles. The van der Waals surface area contributed by atoms with Crippen LogP contribution in [0.15, 0.2) is 29.3 Å². The summed E-state index contributed by atoms with van der Waals surface area (Å²) >= 11 is 0. The van der Waals surface area contributed by atoms with Crippen molar-refractivity contribution in [1.29, 1.82) is 0 Å². The fourth-order valence-electron chi connectivity index (χ4n) is 3.02. The van der Waals surface area contributed by atoms with Crippen LogP contribution in [0.1, 0.15) is 45.6 Å². The zero-order valence-corrected chi connectivity index (χ0v) is 17.9. The van der Waals surface area contributed by atoms with E-state index in [4.69, 9.17) is 14.2 Å². The zero-order chi connectivity index (χ0) is 20.2. The van der Waals surface area contributed by atoms with Gasteiger partial charge in [-0.25, -0.2) is 0 Å². The van der Waals surface area contributed by atoms with E-state index in [1.54, 1.807) is 7.05 Å². The summed E-state index contributed by atoms with van der Waals surface area (Å²) in [6, 6.07) is 8.11. The van der Waals surface area contributed by atoms with Crippen LogP contribution in [-0.4, -0.2) is 51.6 Å². The van der Waals surface area contributed by atoms with Crippen molar-refractivity contribution >= 4 is 5.96 Å². The van der Waals surface area contributed by atoms with Gasteiger partial charge in [-0.15, -0.1) is 0 Å². The van der Waals surface area contributed by atoms with Crippen molar-refractivity contribution in [3.8, 4) is 5.75 Å². The second-order valence-corrected chi connectivity index (χ2v) is 8.16. The van der Waals surface area contributed by atoms with Crippen LogP contribution in [0, 0.1) is 5.92 Å². The van der Waals surface area contributed by atoms with Gasteiger partial charge in [0.05, 0.1) is 0 Å². The van der Waals surface area contributed by atoms with Crippen molar-refractivity contribution in [3.63, 3.8) is 0 Å². The normalized spacial score (nSPS) is 16.1. The highest BCUT2D eigenvalue weighted by atomic mass is 16.5. The van der Waals surface area contributed by atoms with E-state index in [0.29, 0.717) is 12.5 Å². The quantitative estimate of drug-likeness (QED) is 0.384. The van der Waals surface area contributed by atoms with Crippen LogP contribution in [0.5, 0.6) is 5.75 Å². The van der Waals surface area contributed by atoms with E-state index < -0.39 is 0 Å². The molecule has 2 N–H and O–H groups in total. The maximum Gasteiger partial charge on any atom is 0.191 e. The number of nitrogens with one attached hydrogen (secondary N) is 2. The lowest BCUT2D eigenvalue weighted by Gasteiger charge is -2.23. The molecule has 1 aromatic rings. The molecule has 1 fully saturated rings. The van der Waals surface area contributed by atoms with Crippen LogP contribution in [0.25, 0.3) is 0 Å². The summed E-state index contributed by atoms with van der Waals surface area (Å²) in [6.45, 7) is 11.0. The maximum absolute atomic E-state index is 6.05. The predicted molar refractivity (Wildman–Crippen MR) is 114 cm³/mol. The summed E-state index contributed by atoms with van der Waals surface area (Å²) in [5.41, 5.74) is 0.890. The van der Waals surface area contributed by atoms with E-state index in [2.05, 4.69) is 42.5 Å². The fourth-order valence-corrected chi connectivity index (χ4v) is 3.02. The smallest absolute Gasteiger partial charge is 0.191 e. The predicted octanol–water partition coefficient (Wildman–Crippen LogP) is 3.36. The summed E-state index contributed by atoms with van der Waals surface area (Å²) in [5, 5.41) is 6.70. The maximum atomic E-state index is 6.05. The molecule has 0 atom stereocenters. The second kappa shape index (κ2) is 11.9. The number of ether oxygens (including phenoxy) is 3. The van der Waals surface area contributed by atoms with E-state index >= 15 is 0 Å². The van der Waals surface area contributed by atoms with Gasteiger partial charge in [0, 0.05) is 52.1 Å². The molecule has 158 valence electrons. The molecule has 1 saturated heterocycles. The van der Waals surface area contributed by atoms with Crippen molar-refractivity contribution < 1.29 is 14.2 Å². The highest BCUT2D eigenvalue weighted by molar-refractivity contribution is 5.79. The van der Waals surface area contributed by atoms with Gasteiger partial charge < -0.3 is 24.8 Å². The molecule has 0 aliphatic carbocycles. The van der Waals surface area contributed by atoms with Crippen molar-refractivity contribution in [2.45, 2.75) is 52.2 Å². The van der Waals surface area contributed by atoms with E-state index in [0.717, 1.165) is 69.5 Å². The Labute approximate surface area is 170 Å². The number of aliphatic imine (C=N–C) groups is 1. The minimum absolute atomic E-state index is 0.222. The van der Waals surface area contributed by atoms with Crippen LogP contribution in [-0.2, 0) is 16.0 Å². The van der Waals surface area contributed by atoms with Gasteiger partial charge in [-0.1, -0.05) is 18.2 Å². The van der Waals surface area contributed by atoms with E-state index in [1.165, 1.54) is 0 Å². The Morgan fingerprint density at radius 2 is 1.93 bits per heavy atom. The molecule has 6 heteroatoms. The van der Waals surface area contributed by atoms with Gasteiger partial charge in [0.1, 0.15) is 11.4 Å². The van der Waals surface area contributed by atoms with Crippen LogP contribution < -0.4 is 15.4 Å². The molecule has 0 aromatic heterocycles. The summed E-state index contributed by atoms with van der Waals surface area (Å²) < 4.78 is 17.2. The van der Waals surface area contributed by atoms with Crippen molar-refractivity contribution in [3.05, 3.63) is 29.8 Å². The third-order valence-electron chi connectivity index (χ3n) is 4.51. The first-order chi connectivity index (χ1) is 13.5. The first-order valence-corrected chi connectivity index (χ1v) is 10.3. The summed E-state index contributed by atoms with van der Waals surface area (Å²) in [6.07, 6.45) is 3.19. The molecule has 1 aliphatic rings. The average Bonchev–Trinajstić information content (AvgIpc) is 2.67. The number of hydrogen-bond donors (Lipinski definition) is 2. The Hall–Kier alpha value is -1.79. The molecule has 0 spiro atoms. The molecule has 1 aliphatic heterocycles. The highest BCUT2D eigenvalue weighted by Crippen LogP contribution is 2.22. The van der Waals surface area contributed by atoms with E-state index in [-0.39, 0.29) is 5.60 Å². The third kappa shape index (κ3) is 8.93. The Kier molecular flexibility index (Phi) is 9.58. The minimum Gasteiger partial charge on any atom is -0.488 e. The molecular formula is C22H37N3O3. The van der Waals surface area contributed by atoms with E-state index in [1.807, 2.05) is 18.2 Å². The number of rotatable bonds is 9. The number of hydrogen-bond acceptors (Lipinski definition) is 4. The Morgan fingerprint density at radius 3 is 2.64 bits per heavy atom. The van der Waals surface area contributed by atoms with Crippen molar-refractivity contribution in [2.75, 3.05) is 40.0 Å². The molecule has 0 radical (unpaired) electrons. The molecule has 2 rings (SSSR count). The number of benzene rings is 1. The Bertz CT molecular complexity index is 593. The topological polar surface area (TPSA) is 64.1 Å². The third-order valence-corrected chi connectivity index (χ3v) is 4.51. The largest absolute Gasteiger partial charge is 0.488 e. The Balaban J connectivity index is 1.65. The Morgan fingerprint density at radius 1 is 1.18 bits per heavy atom.